The van der Waals surface area contributed by atoms with E-state index >= 15 is 14.4 Å². The number of likely N-dealkylation sites (N-methyl/N-ethyl adjacent to an activating group) is 6. The highest BCUT2D eigenvalue weighted by Gasteiger charge is 2.46. The molecule has 10 amide bonds. The number of hydrogen-bond acceptors (Lipinski definition) is 14. The van der Waals surface area contributed by atoms with Crippen LogP contribution in [0.4, 0.5) is 4.79 Å². The molecule has 0 aliphatic carbocycles. The Morgan fingerprint density at radius 2 is 0.989 bits per heavy atom. The highest BCUT2D eigenvalue weighted by molar-refractivity contribution is 5.99. The molecule has 93 heavy (non-hydrogen) atoms. The van der Waals surface area contributed by atoms with Crippen molar-refractivity contribution in [2.24, 2.45) is 35.5 Å². The van der Waals surface area contributed by atoms with E-state index in [-0.39, 0.29) is 56.0 Å². The Bertz CT molecular complexity index is 2660. The summed E-state index contributed by atoms with van der Waals surface area (Å²) in [5, 5.41) is 10.9. The van der Waals surface area contributed by atoms with E-state index in [4.69, 9.17) is 14.2 Å². The Kier molecular flexibility index (Phi) is 35.1. The second-order valence-corrected chi connectivity index (χ2v) is 27.8. The topological polar surface area (TPSA) is 283 Å². The summed E-state index contributed by atoms with van der Waals surface area (Å²) in [5.41, 5.74) is -0.0593. The summed E-state index contributed by atoms with van der Waals surface area (Å²) in [6, 6.07) is -2.49. The monoisotopic (exact) mass is 1310 g/mol. The third-order valence-electron chi connectivity index (χ3n) is 16.6. The van der Waals surface area contributed by atoms with E-state index in [1.165, 1.54) is 99.6 Å². The average Bonchev–Trinajstić information content (AvgIpc) is 0.817. The van der Waals surface area contributed by atoms with Crippen molar-refractivity contribution in [3.63, 3.8) is 0 Å². The number of amides is 10. The number of carbonyl (C=O) groups excluding carboxylic acids is 11. The van der Waals surface area contributed by atoms with Crippen molar-refractivity contribution in [2.75, 3.05) is 49.4 Å². The van der Waals surface area contributed by atoms with Gasteiger partial charge in [-0.3, -0.25) is 43.2 Å². The van der Waals surface area contributed by atoms with E-state index in [0.717, 1.165) is 5.56 Å². The normalized spacial score (nSPS) is 15.7. The molecule has 0 aliphatic heterocycles. The molecule has 0 saturated carbocycles. The SMILES string of the molecule is C/C=C/C[C@@H](C)[C@@H](OC)[C@@H](C(=O)N[C@@H](CC)C(=O)N(C)[C@H](C)C(=O)OC(C)(C)C)N(C)C(=O)[C@H](C(C)C)N(C)C(=O)[C@H](CC(C)C)N(C)C(=O)[C@H](CC(C)C)N(C)C(=O)[C@@H](C)NC(=O)[C@H](C)NC(=O)[C@H](CC(C)C)N(C)C(=O)[C@@H](NC(=O)OCc1ccccc1)C(C)C. The van der Waals surface area contributed by atoms with Crippen molar-refractivity contribution in [1.29, 1.82) is 0 Å². The number of alkyl carbamates (subject to hydrolysis) is 1. The van der Waals surface area contributed by atoms with Gasteiger partial charge in [-0.15, -0.1) is 0 Å². The second-order valence-electron chi connectivity index (χ2n) is 27.8. The second kappa shape index (κ2) is 38.9. The number of ether oxygens (including phenoxy) is 3. The molecule has 528 valence electrons. The van der Waals surface area contributed by atoms with Gasteiger partial charge in [0, 0.05) is 49.4 Å². The smallest absolute Gasteiger partial charge is 0.408 e. The predicted octanol–water partition coefficient (Wildman–Crippen LogP) is 6.58. The minimum absolute atomic E-state index is 0.0187. The Hall–Kier alpha value is -7.11. The zero-order valence-corrected chi connectivity index (χ0v) is 61.0. The Morgan fingerprint density at radius 3 is 1.45 bits per heavy atom. The van der Waals surface area contributed by atoms with Gasteiger partial charge < -0.3 is 64.9 Å². The van der Waals surface area contributed by atoms with E-state index in [1.807, 2.05) is 85.7 Å². The Morgan fingerprint density at radius 1 is 0.516 bits per heavy atom. The zero-order valence-electron chi connectivity index (χ0n) is 61.0. The number of benzene rings is 1. The van der Waals surface area contributed by atoms with Crippen LogP contribution >= 0.6 is 0 Å². The molecule has 1 aromatic carbocycles. The lowest BCUT2D eigenvalue weighted by Gasteiger charge is -2.42. The fraction of sp³-hybridized carbons (Fsp3) is 0.725. The molecule has 0 saturated heterocycles. The highest BCUT2D eigenvalue weighted by atomic mass is 16.6. The van der Waals surface area contributed by atoms with Gasteiger partial charge in [0.2, 0.25) is 53.2 Å². The molecule has 1 rings (SSSR count). The van der Waals surface area contributed by atoms with E-state index in [2.05, 4.69) is 21.3 Å². The number of methoxy groups -OCH3 is 1. The molecule has 0 unspecified atom stereocenters. The summed E-state index contributed by atoms with van der Waals surface area (Å²) in [7, 11) is 10.2. The van der Waals surface area contributed by atoms with Crippen LogP contribution in [0.3, 0.4) is 0 Å². The van der Waals surface area contributed by atoms with Crippen molar-refractivity contribution < 1.29 is 67.0 Å². The van der Waals surface area contributed by atoms with Crippen LogP contribution in [0.15, 0.2) is 42.5 Å². The summed E-state index contributed by atoms with van der Waals surface area (Å²) in [6.07, 6.45) is 3.13. The van der Waals surface area contributed by atoms with Crippen molar-refractivity contribution in [2.45, 2.75) is 242 Å². The zero-order chi connectivity index (χ0) is 71.8. The predicted molar refractivity (Wildman–Crippen MR) is 359 cm³/mol. The van der Waals surface area contributed by atoms with Gasteiger partial charge in [0.1, 0.15) is 72.6 Å². The third-order valence-corrected chi connectivity index (χ3v) is 16.6. The van der Waals surface area contributed by atoms with Crippen LogP contribution in [0.1, 0.15) is 169 Å². The molecule has 12 atom stereocenters. The van der Waals surface area contributed by atoms with Gasteiger partial charge >= 0.3 is 12.1 Å². The van der Waals surface area contributed by atoms with Crippen LogP contribution in [0, 0.1) is 35.5 Å². The van der Waals surface area contributed by atoms with Crippen molar-refractivity contribution in [3.8, 4) is 0 Å². The lowest BCUT2D eigenvalue weighted by atomic mass is 9.91. The van der Waals surface area contributed by atoms with Crippen molar-refractivity contribution in [3.05, 3.63) is 48.0 Å². The van der Waals surface area contributed by atoms with Crippen LogP contribution < -0.4 is 21.3 Å². The highest BCUT2D eigenvalue weighted by Crippen LogP contribution is 2.26. The number of hydrogen-bond donors (Lipinski definition) is 4. The summed E-state index contributed by atoms with van der Waals surface area (Å²) >= 11 is 0. The standard InChI is InChI=1S/C69H118N10O14/c1-27-29-33-45(13)57(91-26)56(60(82)72-50(28-2)62(84)74(20)48(16)67(89)93-69(17,18)19)79(25)66(88)55(44(11)12)78(24)64(86)53(38-42(7)8)77(23)63(85)52(37-41(5)6)76(22)61(83)47(15)71-58(80)46(14)70-59(81)51(36-40(3)4)75(21)65(87)54(43(9)10)73-68(90)92-39-49-34-31-30-32-35-49/h27,29-32,34-35,40-48,50-57H,28,33,36-39H2,1-26H3,(H,70,81)(H,71,80)(H,72,82)(H,73,90)/b29-27+/t45-,46+,47-,48-,50+,51+,52+,53+,54+,55+,56+,57-/m1/s1. The summed E-state index contributed by atoms with van der Waals surface area (Å²) in [6.45, 7) is 33.3. The van der Waals surface area contributed by atoms with Gasteiger partial charge in [-0.05, 0) is 122 Å². The van der Waals surface area contributed by atoms with Crippen LogP contribution in [0.5, 0.6) is 0 Å². The minimum atomic E-state index is -1.35. The lowest BCUT2D eigenvalue weighted by Crippen LogP contribution is -2.64. The molecule has 0 heterocycles. The maximum atomic E-state index is 15.3. The fourth-order valence-corrected chi connectivity index (χ4v) is 10.9. The number of rotatable bonds is 36. The molecular formula is C69H118N10O14. The molecule has 0 radical (unpaired) electrons. The van der Waals surface area contributed by atoms with Gasteiger partial charge in [-0.2, -0.15) is 0 Å². The molecule has 0 aromatic heterocycles. The summed E-state index contributed by atoms with van der Waals surface area (Å²) < 4.78 is 17.0. The first-order valence-corrected chi connectivity index (χ1v) is 32.9. The van der Waals surface area contributed by atoms with Gasteiger partial charge in [0.25, 0.3) is 0 Å². The number of allylic oxidation sites excluding steroid dienone is 2. The van der Waals surface area contributed by atoms with E-state index in [9.17, 15) is 38.4 Å². The van der Waals surface area contributed by atoms with E-state index < -0.39 is 149 Å². The Balaban J connectivity index is 3.61. The first-order chi connectivity index (χ1) is 43.0. The molecular weight excluding hydrogens is 1190 g/mol. The molecule has 0 spiro atoms. The van der Waals surface area contributed by atoms with Crippen LogP contribution in [-0.2, 0) is 68.8 Å². The van der Waals surface area contributed by atoms with Gasteiger partial charge in [0.15, 0.2) is 0 Å². The van der Waals surface area contributed by atoms with Crippen LogP contribution in [0.2, 0.25) is 0 Å². The number of carbonyl (C=O) groups is 11. The van der Waals surface area contributed by atoms with Gasteiger partial charge in [-0.25, -0.2) is 9.59 Å². The number of nitrogens with zero attached hydrogens (tertiary/aromatic N) is 6. The average molecular weight is 1310 g/mol. The first-order valence-electron chi connectivity index (χ1n) is 32.9. The van der Waals surface area contributed by atoms with Gasteiger partial charge in [0.05, 0.1) is 6.10 Å². The summed E-state index contributed by atoms with van der Waals surface area (Å²) in [5.74, 6) is -7.95. The molecule has 24 nitrogen and oxygen atoms in total. The lowest BCUT2D eigenvalue weighted by molar-refractivity contribution is -0.163. The maximum Gasteiger partial charge on any atom is 0.408 e. The molecule has 24 heteroatoms. The summed E-state index contributed by atoms with van der Waals surface area (Å²) in [4.78, 5) is 164. The largest absolute Gasteiger partial charge is 0.458 e. The number of esters is 1. The number of nitrogens with one attached hydrogen (secondary N) is 4. The molecule has 1 aromatic rings. The maximum absolute atomic E-state index is 15.3. The van der Waals surface area contributed by atoms with Crippen LogP contribution in [-0.4, -0.2) is 216 Å². The molecule has 0 fully saturated rings. The van der Waals surface area contributed by atoms with Crippen LogP contribution in [0.25, 0.3) is 0 Å². The van der Waals surface area contributed by atoms with Gasteiger partial charge in [-0.1, -0.05) is 126 Å². The Labute approximate surface area is 556 Å². The van der Waals surface area contributed by atoms with Crippen molar-refractivity contribution >= 4 is 65.2 Å². The molecule has 0 aliphatic rings. The molecule has 0 bridgehead atoms. The quantitative estimate of drug-likeness (QED) is 0.0408. The molecule has 4 N–H and O–H groups in total. The van der Waals surface area contributed by atoms with E-state index in [0.29, 0.717) is 6.42 Å². The third kappa shape index (κ3) is 25.6. The van der Waals surface area contributed by atoms with E-state index in [1.54, 1.807) is 67.5 Å². The van der Waals surface area contributed by atoms with Crippen molar-refractivity contribution in [1.82, 2.24) is 50.7 Å². The first kappa shape index (κ1) is 83.9. The fourth-order valence-electron chi connectivity index (χ4n) is 10.9. The minimum Gasteiger partial charge on any atom is -0.458 e.